The maximum absolute atomic E-state index is 12.6. The highest BCUT2D eigenvalue weighted by atomic mass is 16.2. The minimum Gasteiger partial charge on any atom is -0.277 e. The third-order valence-electron chi connectivity index (χ3n) is 5.01. The van der Waals surface area contributed by atoms with Crippen LogP contribution in [-0.4, -0.2) is 38.4 Å². The number of fused-ring (bicyclic) bond motifs is 1. The Balaban J connectivity index is 1.47. The fraction of sp³-hybridized carbons (Fsp3) is 0.143. The molecule has 5 rings (SSSR count). The first kappa shape index (κ1) is 17.8. The number of benzene rings is 2. The van der Waals surface area contributed by atoms with Crippen molar-refractivity contribution in [3.05, 3.63) is 53.6 Å². The lowest BCUT2D eigenvalue weighted by Crippen LogP contribution is -2.29. The quantitative estimate of drug-likeness (QED) is 0.536. The fourth-order valence-electron chi connectivity index (χ4n) is 3.59. The van der Waals surface area contributed by atoms with Gasteiger partial charge in [0.05, 0.1) is 5.69 Å². The number of carbonyl (C=O) groups excluding carboxylic acids is 2. The summed E-state index contributed by atoms with van der Waals surface area (Å²) in [4.78, 5) is 32.2. The highest BCUT2D eigenvalue weighted by Gasteiger charge is 2.40. The van der Waals surface area contributed by atoms with Gasteiger partial charge >= 0.3 is 6.03 Å². The van der Waals surface area contributed by atoms with Crippen LogP contribution in [0.1, 0.15) is 17.2 Å². The van der Waals surface area contributed by atoms with Gasteiger partial charge in [-0.3, -0.25) is 20.0 Å². The van der Waals surface area contributed by atoms with Gasteiger partial charge in [-0.25, -0.2) is 4.79 Å². The van der Waals surface area contributed by atoms with Crippen molar-refractivity contribution in [1.82, 2.24) is 25.5 Å². The zero-order valence-corrected chi connectivity index (χ0v) is 15.7. The van der Waals surface area contributed by atoms with E-state index in [4.69, 9.17) is 6.42 Å². The van der Waals surface area contributed by atoms with Crippen LogP contribution in [0.2, 0.25) is 0 Å². The Labute approximate surface area is 171 Å². The number of terminal acetylenes is 1. The number of aromatic nitrogens is 4. The number of urea groups is 1. The van der Waals surface area contributed by atoms with Crippen molar-refractivity contribution in [3.63, 3.8) is 0 Å². The second-order valence-electron chi connectivity index (χ2n) is 6.87. The van der Waals surface area contributed by atoms with Crippen molar-refractivity contribution in [2.45, 2.75) is 19.0 Å². The Hall–Kier alpha value is -4.32. The molecule has 0 aliphatic carbocycles. The molecule has 2 aromatic carbocycles. The SMILES string of the molecule is C#CCn1nnc(-c2ccc(C3C(=O)NC(=O)N3c3ccc4c(c3)N=CC4)cc2)n1. The lowest BCUT2D eigenvalue weighted by atomic mass is 10.0. The van der Waals surface area contributed by atoms with E-state index in [0.29, 0.717) is 17.1 Å². The number of nitrogens with one attached hydrogen (secondary N) is 1. The Kier molecular flexibility index (Phi) is 4.10. The molecular weight excluding hydrogens is 382 g/mol. The van der Waals surface area contributed by atoms with Crippen LogP contribution in [0, 0.1) is 12.3 Å². The molecule has 3 aromatic rings. The maximum atomic E-state index is 12.6. The molecule has 1 aromatic heterocycles. The molecule has 0 bridgehead atoms. The third kappa shape index (κ3) is 2.91. The first-order chi connectivity index (χ1) is 14.6. The van der Waals surface area contributed by atoms with E-state index in [2.05, 4.69) is 31.6 Å². The molecule has 1 atom stereocenters. The number of carbonyl (C=O) groups is 2. The average molecular weight is 397 g/mol. The summed E-state index contributed by atoms with van der Waals surface area (Å²) in [6.45, 7) is 0.231. The number of hydrogen-bond acceptors (Lipinski definition) is 6. The van der Waals surface area contributed by atoms with Crippen molar-refractivity contribution in [2.24, 2.45) is 4.99 Å². The smallest absolute Gasteiger partial charge is 0.277 e. The fourth-order valence-corrected chi connectivity index (χ4v) is 3.59. The van der Waals surface area contributed by atoms with Gasteiger partial charge < -0.3 is 0 Å². The van der Waals surface area contributed by atoms with Crippen LogP contribution in [0.25, 0.3) is 11.4 Å². The zero-order valence-electron chi connectivity index (χ0n) is 15.7. The summed E-state index contributed by atoms with van der Waals surface area (Å²) in [5.41, 5.74) is 3.92. The summed E-state index contributed by atoms with van der Waals surface area (Å²) in [5, 5.41) is 14.5. The molecule has 0 radical (unpaired) electrons. The van der Waals surface area contributed by atoms with Crippen molar-refractivity contribution in [2.75, 3.05) is 4.90 Å². The molecular formula is C21H15N7O2. The van der Waals surface area contributed by atoms with Crippen molar-refractivity contribution in [1.29, 1.82) is 0 Å². The second-order valence-corrected chi connectivity index (χ2v) is 6.87. The van der Waals surface area contributed by atoms with Gasteiger partial charge in [0, 0.05) is 23.9 Å². The lowest BCUT2D eigenvalue weighted by molar-refractivity contribution is -0.119. The molecule has 146 valence electrons. The number of aliphatic imine (C=N–C) groups is 1. The summed E-state index contributed by atoms with van der Waals surface area (Å²) in [6.07, 6.45) is 7.85. The van der Waals surface area contributed by atoms with Gasteiger partial charge in [-0.15, -0.1) is 16.6 Å². The third-order valence-corrected chi connectivity index (χ3v) is 5.01. The van der Waals surface area contributed by atoms with Gasteiger partial charge in [0.15, 0.2) is 0 Å². The number of anilines is 1. The van der Waals surface area contributed by atoms with Gasteiger partial charge in [-0.05, 0) is 28.5 Å². The monoisotopic (exact) mass is 397 g/mol. The van der Waals surface area contributed by atoms with E-state index in [1.165, 1.54) is 9.70 Å². The zero-order chi connectivity index (χ0) is 20.7. The van der Waals surface area contributed by atoms with E-state index in [1.54, 1.807) is 24.3 Å². The molecule has 9 nitrogen and oxygen atoms in total. The summed E-state index contributed by atoms with van der Waals surface area (Å²) < 4.78 is 0. The Morgan fingerprint density at radius 1 is 1.17 bits per heavy atom. The molecule has 3 amide bonds. The topological polar surface area (TPSA) is 105 Å². The van der Waals surface area contributed by atoms with Gasteiger partial charge in [0.25, 0.3) is 5.91 Å². The highest BCUT2D eigenvalue weighted by molar-refractivity contribution is 6.14. The molecule has 1 saturated heterocycles. The summed E-state index contributed by atoms with van der Waals surface area (Å²) in [7, 11) is 0. The molecule has 0 spiro atoms. The van der Waals surface area contributed by atoms with E-state index in [1.807, 2.05) is 24.4 Å². The molecule has 9 heteroatoms. The van der Waals surface area contributed by atoms with Crippen molar-refractivity contribution >= 4 is 29.5 Å². The molecule has 1 fully saturated rings. The number of imide groups is 1. The minimum absolute atomic E-state index is 0.231. The molecule has 3 heterocycles. The highest BCUT2D eigenvalue weighted by Crippen LogP contribution is 2.36. The Morgan fingerprint density at radius 3 is 2.80 bits per heavy atom. The van der Waals surface area contributed by atoms with E-state index >= 15 is 0 Å². The number of nitrogens with zero attached hydrogens (tertiary/aromatic N) is 6. The van der Waals surface area contributed by atoms with E-state index in [9.17, 15) is 9.59 Å². The number of hydrogen-bond donors (Lipinski definition) is 1. The van der Waals surface area contributed by atoms with Crippen LogP contribution >= 0.6 is 0 Å². The molecule has 0 saturated carbocycles. The van der Waals surface area contributed by atoms with Crippen LogP contribution < -0.4 is 10.2 Å². The van der Waals surface area contributed by atoms with Crippen molar-refractivity contribution < 1.29 is 9.59 Å². The van der Waals surface area contributed by atoms with Gasteiger partial charge in [-0.2, -0.15) is 4.80 Å². The molecule has 2 aliphatic rings. The van der Waals surface area contributed by atoms with Gasteiger partial charge in [0.2, 0.25) is 5.82 Å². The Bertz CT molecular complexity index is 1240. The predicted octanol–water partition coefficient (Wildman–Crippen LogP) is 2.03. The van der Waals surface area contributed by atoms with E-state index in [-0.39, 0.29) is 12.5 Å². The minimum atomic E-state index is -0.778. The van der Waals surface area contributed by atoms with Crippen LogP contribution in [0.3, 0.4) is 0 Å². The second kappa shape index (κ2) is 6.93. The average Bonchev–Trinajstić information content (AvgIpc) is 3.46. The van der Waals surface area contributed by atoms with Crippen LogP contribution in [0.5, 0.6) is 0 Å². The largest absolute Gasteiger partial charge is 0.329 e. The first-order valence-electron chi connectivity index (χ1n) is 9.25. The Morgan fingerprint density at radius 2 is 2.00 bits per heavy atom. The van der Waals surface area contributed by atoms with Crippen LogP contribution in [0.15, 0.2) is 47.5 Å². The maximum Gasteiger partial charge on any atom is 0.329 e. The number of amides is 3. The standard InChI is InChI=1S/C21H15N7O2/c1-2-11-27-25-19(24-26-27)15-5-3-14(4-6-15)18-20(29)23-21(30)28(18)16-8-7-13-9-10-22-17(13)12-16/h1,3-8,10,12,18H,9,11H2,(H,23,29,30). The lowest BCUT2D eigenvalue weighted by Gasteiger charge is -2.22. The summed E-state index contributed by atoms with van der Waals surface area (Å²) in [5.74, 6) is 2.50. The van der Waals surface area contributed by atoms with Crippen LogP contribution in [-0.2, 0) is 17.8 Å². The molecule has 2 aliphatic heterocycles. The molecule has 1 unspecified atom stereocenters. The van der Waals surface area contributed by atoms with Crippen molar-refractivity contribution in [3.8, 4) is 23.7 Å². The predicted molar refractivity (Wildman–Crippen MR) is 109 cm³/mol. The molecule has 30 heavy (non-hydrogen) atoms. The van der Waals surface area contributed by atoms with Crippen LogP contribution in [0.4, 0.5) is 16.2 Å². The van der Waals surface area contributed by atoms with Gasteiger partial charge in [-0.1, -0.05) is 36.3 Å². The number of rotatable bonds is 4. The normalized spacial score (nSPS) is 17.2. The van der Waals surface area contributed by atoms with Gasteiger partial charge in [0.1, 0.15) is 12.6 Å². The number of tetrazole rings is 1. The van der Waals surface area contributed by atoms with E-state index in [0.717, 1.165) is 23.2 Å². The summed E-state index contributed by atoms with van der Waals surface area (Å²) in [6, 6.07) is 11.5. The summed E-state index contributed by atoms with van der Waals surface area (Å²) >= 11 is 0. The molecule has 1 N–H and O–H groups in total. The van der Waals surface area contributed by atoms with E-state index < -0.39 is 12.1 Å². The first-order valence-corrected chi connectivity index (χ1v) is 9.25.